The predicted molar refractivity (Wildman–Crippen MR) is 72.3 cm³/mol. The van der Waals surface area contributed by atoms with E-state index in [-0.39, 0.29) is 5.91 Å². The fourth-order valence-electron chi connectivity index (χ4n) is 1.66. The lowest BCUT2D eigenvalue weighted by Crippen LogP contribution is -2.03. The van der Waals surface area contributed by atoms with Crippen LogP contribution in [0.2, 0.25) is 0 Å². The van der Waals surface area contributed by atoms with Gasteiger partial charge in [0.05, 0.1) is 7.11 Å². The summed E-state index contributed by atoms with van der Waals surface area (Å²) in [5.74, 6) is 0.560. The van der Waals surface area contributed by atoms with Crippen LogP contribution in [-0.2, 0) is 0 Å². The fraction of sp³-hybridized carbons (Fsp3) is 0.500. The first-order chi connectivity index (χ1) is 8.71. The molecule has 4 nitrogen and oxygen atoms in total. The van der Waals surface area contributed by atoms with Crippen LogP contribution >= 0.6 is 0 Å². The van der Waals surface area contributed by atoms with Crippen molar-refractivity contribution in [1.29, 1.82) is 0 Å². The maximum absolute atomic E-state index is 11.9. The second kappa shape index (κ2) is 7.58. The Morgan fingerprint density at radius 1 is 1.56 bits per heavy atom. The number of hydrogen-bond acceptors (Lipinski definition) is 3. The van der Waals surface area contributed by atoms with E-state index in [0.717, 1.165) is 19.3 Å². The molecule has 0 spiro atoms. The summed E-state index contributed by atoms with van der Waals surface area (Å²) in [4.78, 5) is 19.8. The summed E-state index contributed by atoms with van der Waals surface area (Å²) in [6.45, 7) is 4.23. The molecule has 1 rings (SSSR count). The molecule has 0 saturated carbocycles. The number of aromatic nitrogens is 1. The van der Waals surface area contributed by atoms with Gasteiger partial charge in [-0.2, -0.15) is 0 Å². The predicted octanol–water partition coefficient (Wildman–Crippen LogP) is 3.13. The minimum absolute atomic E-state index is 0.245. The lowest BCUT2D eigenvalue weighted by molar-refractivity contribution is 0.100. The van der Waals surface area contributed by atoms with Gasteiger partial charge in [0.15, 0.2) is 0 Å². The molecule has 0 radical (unpaired) electrons. The SMILES string of the molecule is CCCC(C=NC(=O)c1ccnc(OC)c1)CC. The molecule has 0 saturated heterocycles. The highest BCUT2D eigenvalue weighted by Crippen LogP contribution is 2.11. The molecule has 1 heterocycles. The lowest BCUT2D eigenvalue weighted by Gasteiger charge is -2.06. The van der Waals surface area contributed by atoms with Crippen molar-refractivity contribution in [3.8, 4) is 5.88 Å². The molecule has 1 amide bonds. The van der Waals surface area contributed by atoms with Crippen LogP contribution in [0.3, 0.4) is 0 Å². The van der Waals surface area contributed by atoms with Gasteiger partial charge in [-0.15, -0.1) is 0 Å². The zero-order chi connectivity index (χ0) is 13.4. The average molecular weight is 248 g/mol. The molecular weight excluding hydrogens is 228 g/mol. The molecule has 1 atom stereocenters. The van der Waals surface area contributed by atoms with E-state index in [1.807, 2.05) is 0 Å². The van der Waals surface area contributed by atoms with Gasteiger partial charge in [0.1, 0.15) is 0 Å². The highest BCUT2D eigenvalue weighted by Gasteiger charge is 2.07. The van der Waals surface area contributed by atoms with E-state index in [1.165, 1.54) is 7.11 Å². The third-order valence-corrected chi connectivity index (χ3v) is 2.78. The summed E-state index contributed by atoms with van der Waals surface area (Å²) in [5, 5.41) is 0. The van der Waals surface area contributed by atoms with Crippen LogP contribution in [0, 0.1) is 5.92 Å². The molecule has 0 aromatic carbocycles. The number of amides is 1. The summed E-state index contributed by atoms with van der Waals surface area (Å²) in [6, 6.07) is 3.24. The second-order valence-electron chi connectivity index (χ2n) is 4.13. The Morgan fingerprint density at radius 3 is 2.94 bits per heavy atom. The molecule has 4 heteroatoms. The Hall–Kier alpha value is -1.71. The highest BCUT2D eigenvalue weighted by molar-refractivity contribution is 5.99. The Morgan fingerprint density at radius 2 is 2.33 bits per heavy atom. The standard InChI is InChI=1S/C14H20N2O2/c1-4-6-11(5-2)10-16-14(17)12-7-8-15-13(9-12)18-3/h7-11H,4-6H2,1-3H3. The van der Waals surface area contributed by atoms with Gasteiger partial charge >= 0.3 is 0 Å². The van der Waals surface area contributed by atoms with E-state index in [4.69, 9.17) is 4.74 Å². The molecule has 1 unspecified atom stereocenters. The second-order valence-corrected chi connectivity index (χ2v) is 4.13. The third-order valence-electron chi connectivity index (χ3n) is 2.78. The number of carbonyl (C=O) groups is 1. The maximum atomic E-state index is 11.9. The number of nitrogens with zero attached hydrogens (tertiary/aromatic N) is 2. The van der Waals surface area contributed by atoms with Crippen LogP contribution in [0.15, 0.2) is 23.3 Å². The van der Waals surface area contributed by atoms with Crippen LogP contribution < -0.4 is 4.74 Å². The number of ether oxygens (including phenoxy) is 1. The van der Waals surface area contributed by atoms with Crippen LogP contribution in [0.25, 0.3) is 0 Å². The van der Waals surface area contributed by atoms with Gasteiger partial charge in [0.25, 0.3) is 5.91 Å². The summed E-state index contributed by atoms with van der Waals surface area (Å²) in [5.41, 5.74) is 0.504. The number of hydrogen-bond donors (Lipinski definition) is 0. The van der Waals surface area contributed by atoms with Crippen molar-refractivity contribution in [2.24, 2.45) is 10.9 Å². The van der Waals surface area contributed by atoms with Crippen molar-refractivity contribution in [2.75, 3.05) is 7.11 Å². The van der Waals surface area contributed by atoms with Crippen LogP contribution in [-0.4, -0.2) is 24.2 Å². The van der Waals surface area contributed by atoms with Gasteiger partial charge in [0, 0.05) is 24.0 Å². The number of rotatable bonds is 6. The molecular formula is C14H20N2O2. The quantitative estimate of drug-likeness (QED) is 0.727. The summed E-state index contributed by atoms with van der Waals surface area (Å²) >= 11 is 0. The van der Waals surface area contributed by atoms with Crippen LogP contribution in [0.4, 0.5) is 0 Å². The molecule has 1 aromatic rings. The maximum Gasteiger partial charge on any atom is 0.276 e. The van der Waals surface area contributed by atoms with Crippen LogP contribution in [0.1, 0.15) is 43.5 Å². The first-order valence-electron chi connectivity index (χ1n) is 6.29. The Bertz CT molecular complexity index is 416. The minimum atomic E-state index is -0.245. The Kier molecular flexibility index (Phi) is 6.05. The van der Waals surface area contributed by atoms with Crippen molar-refractivity contribution in [1.82, 2.24) is 4.98 Å². The zero-order valence-electron chi connectivity index (χ0n) is 11.2. The van der Waals surface area contributed by atoms with Crippen molar-refractivity contribution >= 4 is 12.1 Å². The minimum Gasteiger partial charge on any atom is -0.481 e. The van der Waals surface area contributed by atoms with E-state index in [1.54, 1.807) is 24.5 Å². The summed E-state index contributed by atoms with van der Waals surface area (Å²) in [6.07, 6.45) is 6.47. The highest BCUT2D eigenvalue weighted by atomic mass is 16.5. The smallest absolute Gasteiger partial charge is 0.276 e. The molecule has 0 aliphatic rings. The van der Waals surface area contributed by atoms with Gasteiger partial charge in [-0.3, -0.25) is 4.79 Å². The number of carbonyl (C=O) groups excluding carboxylic acids is 1. The molecule has 98 valence electrons. The van der Waals surface area contributed by atoms with Gasteiger partial charge < -0.3 is 4.74 Å². The molecule has 0 bridgehead atoms. The first-order valence-corrected chi connectivity index (χ1v) is 6.29. The van der Waals surface area contributed by atoms with Gasteiger partial charge in [-0.25, -0.2) is 9.98 Å². The Labute approximate surface area is 108 Å². The van der Waals surface area contributed by atoms with Crippen LogP contribution in [0.5, 0.6) is 5.88 Å². The molecule has 18 heavy (non-hydrogen) atoms. The third kappa shape index (κ3) is 4.28. The van der Waals surface area contributed by atoms with Gasteiger partial charge in [-0.1, -0.05) is 20.3 Å². The molecule has 0 aliphatic heterocycles. The topological polar surface area (TPSA) is 51.5 Å². The first kappa shape index (κ1) is 14.4. The van der Waals surface area contributed by atoms with Gasteiger partial charge in [-0.05, 0) is 24.8 Å². The normalized spacial score (nSPS) is 12.6. The molecule has 1 aromatic heterocycles. The lowest BCUT2D eigenvalue weighted by atomic mass is 10.0. The largest absolute Gasteiger partial charge is 0.481 e. The van der Waals surface area contributed by atoms with Crippen molar-refractivity contribution in [3.63, 3.8) is 0 Å². The van der Waals surface area contributed by atoms with Crippen molar-refractivity contribution in [2.45, 2.75) is 33.1 Å². The number of pyridine rings is 1. The summed E-state index contributed by atoms with van der Waals surface area (Å²) in [7, 11) is 1.52. The van der Waals surface area contributed by atoms with E-state index in [2.05, 4.69) is 23.8 Å². The number of methoxy groups -OCH3 is 1. The number of aliphatic imine (C=N–C) groups is 1. The molecule has 0 N–H and O–H groups in total. The zero-order valence-corrected chi connectivity index (χ0v) is 11.2. The van der Waals surface area contributed by atoms with Gasteiger partial charge in [0.2, 0.25) is 5.88 Å². The van der Waals surface area contributed by atoms with E-state index in [9.17, 15) is 4.79 Å². The Balaban J connectivity index is 2.71. The van der Waals surface area contributed by atoms with E-state index < -0.39 is 0 Å². The van der Waals surface area contributed by atoms with E-state index >= 15 is 0 Å². The van der Waals surface area contributed by atoms with E-state index in [0.29, 0.717) is 17.4 Å². The average Bonchev–Trinajstić information content (AvgIpc) is 2.43. The van der Waals surface area contributed by atoms with Crippen molar-refractivity contribution in [3.05, 3.63) is 23.9 Å². The molecule has 0 aliphatic carbocycles. The van der Waals surface area contributed by atoms with Crippen molar-refractivity contribution < 1.29 is 9.53 Å². The summed E-state index contributed by atoms with van der Waals surface area (Å²) < 4.78 is 4.98. The molecule has 0 fully saturated rings. The fourth-order valence-corrected chi connectivity index (χ4v) is 1.66. The monoisotopic (exact) mass is 248 g/mol.